The lowest BCUT2D eigenvalue weighted by molar-refractivity contribution is -0.143. The van der Waals surface area contributed by atoms with Crippen LogP contribution in [0.15, 0.2) is 48.5 Å². The van der Waals surface area contributed by atoms with Crippen molar-refractivity contribution in [1.82, 2.24) is 10.2 Å². The molecule has 0 heterocycles. The fourth-order valence-corrected chi connectivity index (χ4v) is 3.34. The van der Waals surface area contributed by atoms with Gasteiger partial charge in [-0.15, -0.1) is 0 Å². The Hall–Kier alpha value is -2.73. The summed E-state index contributed by atoms with van der Waals surface area (Å²) in [4.78, 5) is 27.8. The summed E-state index contributed by atoms with van der Waals surface area (Å²) in [6, 6.07) is 13.7. The second kappa shape index (κ2) is 11.0. The molecule has 0 spiro atoms. The molecule has 1 atom stereocenters. The summed E-state index contributed by atoms with van der Waals surface area (Å²) >= 11 is 6.33. The van der Waals surface area contributed by atoms with Crippen molar-refractivity contribution in [1.29, 1.82) is 0 Å². The smallest absolute Gasteiger partial charge is 0.261 e. The van der Waals surface area contributed by atoms with Gasteiger partial charge in [-0.2, -0.15) is 0 Å². The van der Waals surface area contributed by atoms with Crippen LogP contribution in [0.2, 0.25) is 5.02 Å². The fraction of sp³-hybridized carbons (Fsp3) is 0.417. The molecule has 2 amide bonds. The van der Waals surface area contributed by atoms with Crippen molar-refractivity contribution in [3.8, 4) is 11.5 Å². The highest BCUT2D eigenvalue weighted by Crippen LogP contribution is 2.26. The largest absolute Gasteiger partial charge is 0.493 e. The van der Waals surface area contributed by atoms with Gasteiger partial charge in [0.15, 0.2) is 18.1 Å². The molecule has 0 saturated carbocycles. The lowest BCUT2D eigenvalue weighted by Gasteiger charge is -2.33. The standard InChI is InChI=1S/C24H31ClN2O4/c1-6-19(23(29)26-24(2,3)4)27(15-17-11-7-8-12-18(17)25)22(28)16-31-21-14-10-9-13-20(21)30-5/h7-14,19H,6,15-16H2,1-5H3,(H,26,29). The first kappa shape index (κ1) is 24.5. The number of ether oxygens (including phenoxy) is 2. The van der Waals surface area contributed by atoms with Crippen LogP contribution in [-0.4, -0.2) is 42.0 Å². The Kier molecular flexibility index (Phi) is 8.75. The number of hydrogen-bond acceptors (Lipinski definition) is 4. The molecule has 0 saturated heterocycles. The molecule has 0 aliphatic heterocycles. The molecule has 2 aromatic carbocycles. The molecule has 2 aromatic rings. The molecule has 168 valence electrons. The van der Waals surface area contributed by atoms with Gasteiger partial charge in [0.2, 0.25) is 5.91 Å². The zero-order valence-corrected chi connectivity index (χ0v) is 19.5. The van der Waals surface area contributed by atoms with Gasteiger partial charge in [0, 0.05) is 17.1 Å². The van der Waals surface area contributed by atoms with Gasteiger partial charge in [-0.1, -0.05) is 48.9 Å². The van der Waals surface area contributed by atoms with Gasteiger partial charge in [-0.05, 0) is 51.0 Å². The van der Waals surface area contributed by atoms with E-state index in [4.69, 9.17) is 21.1 Å². The van der Waals surface area contributed by atoms with Crippen LogP contribution in [0, 0.1) is 0 Å². The molecule has 0 aliphatic rings. The summed E-state index contributed by atoms with van der Waals surface area (Å²) < 4.78 is 11.0. The number of halogens is 1. The lowest BCUT2D eigenvalue weighted by Crippen LogP contribution is -2.54. The summed E-state index contributed by atoms with van der Waals surface area (Å²) in [7, 11) is 1.54. The van der Waals surface area contributed by atoms with Crippen molar-refractivity contribution in [2.45, 2.75) is 52.2 Å². The minimum absolute atomic E-state index is 0.198. The van der Waals surface area contributed by atoms with Crippen molar-refractivity contribution >= 4 is 23.4 Å². The third kappa shape index (κ3) is 7.17. The van der Waals surface area contributed by atoms with Crippen LogP contribution in [0.1, 0.15) is 39.7 Å². The molecule has 0 aliphatic carbocycles. The summed E-state index contributed by atoms with van der Waals surface area (Å²) in [6.45, 7) is 7.56. The summed E-state index contributed by atoms with van der Waals surface area (Å²) in [5, 5.41) is 3.51. The molecule has 1 unspecified atom stereocenters. The van der Waals surface area contributed by atoms with Crippen LogP contribution in [0.4, 0.5) is 0 Å². The number of methoxy groups -OCH3 is 1. The van der Waals surface area contributed by atoms with E-state index < -0.39 is 11.6 Å². The Morgan fingerprint density at radius 2 is 1.68 bits per heavy atom. The number of hydrogen-bond donors (Lipinski definition) is 1. The van der Waals surface area contributed by atoms with Gasteiger partial charge in [-0.25, -0.2) is 0 Å². The Bertz CT molecular complexity index is 895. The highest BCUT2D eigenvalue weighted by Gasteiger charge is 2.31. The summed E-state index contributed by atoms with van der Waals surface area (Å²) in [5.41, 5.74) is 0.342. The quantitative estimate of drug-likeness (QED) is 0.617. The zero-order chi connectivity index (χ0) is 23.0. The van der Waals surface area contributed by atoms with Crippen LogP contribution in [0.3, 0.4) is 0 Å². The highest BCUT2D eigenvalue weighted by atomic mass is 35.5. The third-order valence-corrected chi connectivity index (χ3v) is 4.97. The third-order valence-electron chi connectivity index (χ3n) is 4.60. The normalized spacial score (nSPS) is 12.1. The maximum atomic E-state index is 13.2. The molecule has 1 N–H and O–H groups in total. The van der Waals surface area contributed by atoms with Crippen LogP contribution in [-0.2, 0) is 16.1 Å². The van der Waals surface area contributed by atoms with E-state index >= 15 is 0 Å². The molecule has 7 heteroatoms. The van der Waals surface area contributed by atoms with Crippen molar-refractivity contribution in [3.63, 3.8) is 0 Å². The Balaban J connectivity index is 2.27. The topological polar surface area (TPSA) is 67.9 Å². The second-order valence-electron chi connectivity index (χ2n) is 8.22. The molecule has 0 fully saturated rings. The minimum atomic E-state index is -0.663. The number of para-hydroxylation sites is 2. The Morgan fingerprint density at radius 1 is 1.06 bits per heavy atom. The number of carbonyl (C=O) groups is 2. The maximum Gasteiger partial charge on any atom is 0.261 e. The first-order valence-corrected chi connectivity index (χ1v) is 10.6. The number of nitrogens with zero attached hydrogens (tertiary/aromatic N) is 1. The molecule has 2 rings (SSSR count). The van der Waals surface area contributed by atoms with Crippen LogP contribution in [0.5, 0.6) is 11.5 Å². The molecule has 0 radical (unpaired) electrons. The van der Waals surface area contributed by atoms with Crippen LogP contribution >= 0.6 is 11.6 Å². The maximum absolute atomic E-state index is 13.2. The second-order valence-corrected chi connectivity index (χ2v) is 8.62. The number of nitrogens with one attached hydrogen (secondary N) is 1. The van der Waals surface area contributed by atoms with E-state index in [9.17, 15) is 9.59 Å². The number of rotatable bonds is 9. The average molecular weight is 447 g/mol. The van der Waals surface area contributed by atoms with E-state index in [1.165, 1.54) is 12.0 Å². The zero-order valence-electron chi connectivity index (χ0n) is 18.8. The Labute approximate surface area is 189 Å². The Morgan fingerprint density at radius 3 is 2.26 bits per heavy atom. The number of amides is 2. The predicted octanol–water partition coefficient (Wildman–Crippen LogP) is 4.45. The van der Waals surface area contributed by atoms with E-state index in [1.807, 2.05) is 52.0 Å². The molecule has 31 heavy (non-hydrogen) atoms. The van der Waals surface area contributed by atoms with Crippen molar-refractivity contribution in [3.05, 3.63) is 59.1 Å². The van der Waals surface area contributed by atoms with Gasteiger partial charge in [0.25, 0.3) is 5.91 Å². The number of benzene rings is 2. The summed E-state index contributed by atoms with van der Waals surface area (Å²) in [5.74, 6) is 0.461. The van der Waals surface area contributed by atoms with Gasteiger partial charge in [0.05, 0.1) is 7.11 Å². The van der Waals surface area contributed by atoms with Gasteiger partial charge < -0.3 is 19.7 Å². The number of carbonyl (C=O) groups excluding carboxylic acids is 2. The fourth-order valence-electron chi connectivity index (χ4n) is 3.14. The average Bonchev–Trinajstić information content (AvgIpc) is 2.72. The first-order chi connectivity index (χ1) is 14.7. The van der Waals surface area contributed by atoms with Crippen LogP contribution in [0.25, 0.3) is 0 Å². The van der Waals surface area contributed by atoms with E-state index in [2.05, 4.69) is 5.32 Å². The van der Waals surface area contributed by atoms with Gasteiger partial charge in [-0.3, -0.25) is 9.59 Å². The predicted molar refractivity (Wildman–Crippen MR) is 122 cm³/mol. The van der Waals surface area contributed by atoms with Crippen molar-refractivity contribution < 1.29 is 19.1 Å². The summed E-state index contributed by atoms with van der Waals surface area (Å²) in [6.07, 6.45) is 0.451. The molecule has 0 aromatic heterocycles. The molecular weight excluding hydrogens is 416 g/mol. The molecular formula is C24H31ClN2O4. The van der Waals surface area contributed by atoms with Crippen LogP contribution < -0.4 is 14.8 Å². The van der Waals surface area contributed by atoms with E-state index in [0.717, 1.165) is 5.56 Å². The van der Waals surface area contributed by atoms with E-state index in [0.29, 0.717) is 22.9 Å². The minimum Gasteiger partial charge on any atom is -0.493 e. The van der Waals surface area contributed by atoms with E-state index in [1.54, 1.807) is 24.3 Å². The van der Waals surface area contributed by atoms with Gasteiger partial charge >= 0.3 is 0 Å². The lowest BCUT2D eigenvalue weighted by atomic mass is 10.1. The van der Waals surface area contributed by atoms with Gasteiger partial charge in [0.1, 0.15) is 6.04 Å². The highest BCUT2D eigenvalue weighted by molar-refractivity contribution is 6.31. The van der Waals surface area contributed by atoms with Crippen molar-refractivity contribution in [2.75, 3.05) is 13.7 Å². The molecule has 6 nitrogen and oxygen atoms in total. The SMILES string of the molecule is CCC(C(=O)NC(C)(C)C)N(Cc1ccccc1Cl)C(=O)COc1ccccc1OC. The first-order valence-electron chi connectivity index (χ1n) is 10.3. The molecule has 0 bridgehead atoms. The van der Waals surface area contributed by atoms with Crippen molar-refractivity contribution in [2.24, 2.45) is 0 Å². The monoisotopic (exact) mass is 446 g/mol. The van der Waals surface area contributed by atoms with E-state index in [-0.39, 0.29) is 25.0 Å².